The van der Waals surface area contributed by atoms with Gasteiger partial charge in [-0.2, -0.15) is 5.10 Å². The van der Waals surface area contributed by atoms with Crippen LogP contribution in [0.25, 0.3) is 0 Å². The van der Waals surface area contributed by atoms with Crippen molar-refractivity contribution >= 4 is 17.6 Å². The number of ether oxygens (including phenoxy) is 2. The SMILES string of the molecule is CC(=O)N1N=C(c2ccc3c(c2)OCO3)C[C@@H]1c1ccc(C(=O)O)cc1. The van der Waals surface area contributed by atoms with E-state index >= 15 is 0 Å². The highest BCUT2D eigenvalue weighted by Crippen LogP contribution is 2.37. The lowest BCUT2D eigenvalue weighted by molar-refractivity contribution is -0.130. The number of hydrogen-bond acceptors (Lipinski definition) is 5. The maximum atomic E-state index is 12.0. The smallest absolute Gasteiger partial charge is 0.335 e. The molecule has 2 aliphatic rings. The van der Waals surface area contributed by atoms with Crippen LogP contribution in [0.2, 0.25) is 0 Å². The predicted molar refractivity (Wildman–Crippen MR) is 92.4 cm³/mol. The second kappa shape index (κ2) is 6.18. The van der Waals surface area contributed by atoms with Gasteiger partial charge in [0.15, 0.2) is 11.5 Å². The van der Waals surface area contributed by atoms with Gasteiger partial charge in [0.05, 0.1) is 17.3 Å². The molecule has 7 nitrogen and oxygen atoms in total. The van der Waals surface area contributed by atoms with Crippen LogP contribution in [0.3, 0.4) is 0 Å². The van der Waals surface area contributed by atoms with Gasteiger partial charge in [-0.25, -0.2) is 9.80 Å². The summed E-state index contributed by atoms with van der Waals surface area (Å²) in [6.45, 7) is 1.66. The highest BCUT2D eigenvalue weighted by molar-refractivity contribution is 6.03. The number of carbonyl (C=O) groups excluding carboxylic acids is 1. The van der Waals surface area contributed by atoms with Crippen LogP contribution in [0.1, 0.15) is 40.9 Å². The third-order valence-corrected chi connectivity index (χ3v) is 4.48. The standard InChI is InChI=1S/C19H16N2O5/c1-11(22)21-16(12-2-4-13(5-3-12)19(23)24)9-15(20-21)14-6-7-17-18(8-14)26-10-25-17/h2-8,16H,9-10H2,1H3,(H,23,24)/t16-/m1/s1. The fourth-order valence-electron chi connectivity index (χ4n) is 3.16. The average Bonchev–Trinajstić information content (AvgIpc) is 3.28. The van der Waals surface area contributed by atoms with Crippen LogP contribution in [0.4, 0.5) is 0 Å². The summed E-state index contributed by atoms with van der Waals surface area (Å²) in [7, 11) is 0. The third-order valence-electron chi connectivity index (χ3n) is 4.48. The Hall–Kier alpha value is -3.35. The third kappa shape index (κ3) is 2.77. The molecule has 0 saturated carbocycles. The van der Waals surface area contributed by atoms with Gasteiger partial charge in [0.1, 0.15) is 0 Å². The number of fused-ring (bicyclic) bond motifs is 1. The molecule has 4 rings (SSSR count). The van der Waals surface area contributed by atoms with Crippen LogP contribution in [-0.4, -0.2) is 34.5 Å². The Bertz CT molecular complexity index is 920. The number of aromatic carboxylic acids is 1. The van der Waals surface area contributed by atoms with E-state index in [0.29, 0.717) is 17.9 Å². The lowest BCUT2D eigenvalue weighted by Crippen LogP contribution is -2.24. The van der Waals surface area contributed by atoms with Crippen molar-refractivity contribution in [2.75, 3.05) is 6.79 Å². The van der Waals surface area contributed by atoms with E-state index in [-0.39, 0.29) is 24.3 Å². The van der Waals surface area contributed by atoms with E-state index in [2.05, 4.69) is 5.10 Å². The summed E-state index contributed by atoms with van der Waals surface area (Å²) < 4.78 is 10.7. The molecule has 0 bridgehead atoms. The van der Waals surface area contributed by atoms with Gasteiger partial charge in [0, 0.05) is 18.9 Å². The summed E-state index contributed by atoms with van der Waals surface area (Å²) >= 11 is 0. The summed E-state index contributed by atoms with van der Waals surface area (Å²) in [6.07, 6.45) is 0.533. The van der Waals surface area contributed by atoms with Crippen molar-refractivity contribution in [2.45, 2.75) is 19.4 Å². The second-order valence-electron chi connectivity index (χ2n) is 6.13. The van der Waals surface area contributed by atoms with Gasteiger partial charge in [-0.05, 0) is 35.9 Å². The van der Waals surface area contributed by atoms with E-state index in [1.165, 1.54) is 24.1 Å². The number of carbonyl (C=O) groups is 2. The molecule has 2 aromatic rings. The maximum absolute atomic E-state index is 12.0. The van der Waals surface area contributed by atoms with Gasteiger partial charge in [-0.3, -0.25) is 4.79 Å². The first kappa shape index (κ1) is 16.1. The second-order valence-corrected chi connectivity index (χ2v) is 6.13. The first-order chi connectivity index (χ1) is 12.5. The quantitative estimate of drug-likeness (QED) is 0.918. The van der Waals surface area contributed by atoms with Crippen LogP contribution in [-0.2, 0) is 4.79 Å². The summed E-state index contributed by atoms with van der Waals surface area (Å²) in [5.41, 5.74) is 2.68. The number of carboxylic acids is 1. The topological polar surface area (TPSA) is 88.4 Å². The number of hydrogen-bond donors (Lipinski definition) is 1. The zero-order valence-corrected chi connectivity index (χ0v) is 14.0. The first-order valence-electron chi connectivity index (χ1n) is 8.13. The lowest BCUT2D eigenvalue weighted by atomic mass is 9.97. The maximum Gasteiger partial charge on any atom is 0.335 e. The number of benzene rings is 2. The number of carboxylic acid groups (broad SMARTS) is 1. The van der Waals surface area contributed by atoms with Gasteiger partial charge in [-0.1, -0.05) is 12.1 Å². The van der Waals surface area contributed by atoms with E-state index in [1.807, 2.05) is 18.2 Å². The van der Waals surface area contributed by atoms with E-state index in [0.717, 1.165) is 16.8 Å². The fraction of sp³-hybridized carbons (Fsp3) is 0.211. The Balaban J connectivity index is 1.64. The Labute approximate surface area is 149 Å². The van der Waals surface area contributed by atoms with Crippen molar-refractivity contribution in [1.29, 1.82) is 0 Å². The molecule has 1 amide bonds. The largest absolute Gasteiger partial charge is 0.478 e. The molecule has 2 aromatic carbocycles. The van der Waals surface area contributed by atoms with Crippen molar-refractivity contribution in [1.82, 2.24) is 5.01 Å². The molecule has 0 aliphatic carbocycles. The molecule has 1 atom stereocenters. The van der Waals surface area contributed by atoms with Crippen LogP contribution in [0.5, 0.6) is 11.5 Å². The molecule has 2 heterocycles. The summed E-state index contributed by atoms with van der Waals surface area (Å²) in [5, 5.41) is 15.0. The Morgan fingerprint density at radius 3 is 2.54 bits per heavy atom. The van der Waals surface area contributed by atoms with E-state index in [4.69, 9.17) is 14.6 Å². The molecule has 0 fully saturated rings. The van der Waals surface area contributed by atoms with Crippen LogP contribution in [0.15, 0.2) is 47.6 Å². The Morgan fingerprint density at radius 1 is 1.12 bits per heavy atom. The van der Waals surface area contributed by atoms with E-state index in [9.17, 15) is 9.59 Å². The van der Waals surface area contributed by atoms with Crippen LogP contribution in [0, 0.1) is 0 Å². The minimum Gasteiger partial charge on any atom is -0.478 e. The first-order valence-corrected chi connectivity index (χ1v) is 8.13. The molecule has 0 saturated heterocycles. The van der Waals surface area contributed by atoms with Crippen molar-refractivity contribution in [2.24, 2.45) is 5.10 Å². The van der Waals surface area contributed by atoms with Gasteiger partial charge >= 0.3 is 5.97 Å². The molecule has 0 radical (unpaired) electrons. The zero-order valence-electron chi connectivity index (χ0n) is 14.0. The number of hydrazone groups is 1. The van der Waals surface area contributed by atoms with Crippen LogP contribution >= 0.6 is 0 Å². The average molecular weight is 352 g/mol. The normalized spacial score (nSPS) is 18.0. The molecule has 1 N–H and O–H groups in total. The highest BCUT2D eigenvalue weighted by Gasteiger charge is 2.32. The molecule has 132 valence electrons. The molecular weight excluding hydrogens is 336 g/mol. The molecule has 0 spiro atoms. The molecule has 2 aliphatic heterocycles. The number of rotatable bonds is 3. The number of amides is 1. The van der Waals surface area contributed by atoms with Crippen molar-refractivity contribution in [3.8, 4) is 11.5 Å². The predicted octanol–water partition coefficient (Wildman–Crippen LogP) is 2.81. The molecule has 7 heteroatoms. The van der Waals surface area contributed by atoms with Crippen molar-refractivity contribution in [3.05, 3.63) is 59.2 Å². The van der Waals surface area contributed by atoms with E-state index < -0.39 is 5.97 Å². The summed E-state index contributed by atoms with van der Waals surface area (Å²) in [5.74, 6) is 0.196. The van der Waals surface area contributed by atoms with Gasteiger partial charge < -0.3 is 14.6 Å². The zero-order chi connectivity index (χ0) is 18.3. The van der Waals surface area contributed by atoms with Crippen molar-refractivity contribution in [3.63, 3.8) is 0 Å². The van der Waals surface area contributed by atoms with E-state index in [1.54, 1.807) is 12.1 Å². The van der Waals surface area contributed by atoms with Gasteiger partial charge in [0.25, 0.3) is 0 Å². The summed E-state index contributed by atoms with van der Waals surface area (Å²) in [6, 6.07) is 11.8. The van der Waals surface area contributed by atoms with Gasteiger partial charge in [0.2, 0.25) is 12.7 Å². The van der Waals surface area contributed by atoms with Crippen molar-refractivity contribution < 1.29 is 24.2 Å². The molecule has 0 aromatic heterocycles. The Morgan fingerprint density at radius 2 is 1.85 bits per heavy atom. The molecule has 26 heavy (non-hydrogen) atoms. The monoisotopic (exact) mass is 352 g/mol. The highest BCUT2D eigenvalue weighted by atomic mass is 16.7. The van der Waals surface area contributed by atoms with Gasteiger partial charge in [-0.15, -0.1) is 0 Å². The fourth-order valence-corrected chi connectivity index (χ4v) is 3.16. The lowest BCUT2D eigenvalue weighted by Gasteiger charge is -2.20. The molecular formula is C19H16N2O5. The molecule has 0 unspecified atom stereocenters. The van der Waals surface area contributed by atoms with Crippen LogP contribution < -0.4 is 9.47 Å². The number of nitrogens with zero attached hydrogens (tertiary/aromatic N) is 2. The Kier molecular flexibility index (Phi) is 3.84. The minimum atomic E-state index is -0.983. The minimum absolute atomic E-state index is 0.173. The summed E-state index contributed by atoms with van der Waals surface area (Å²) in [4.78, 5) is 23.1.